The van der Waals surface area contributed by atoms with Crippen LogP contribution in [0.15, 0.2) is 24.3 Å². The molecule has 1 aromatic carbocycles. The summed E-state index contributed by atoms with van der Waals surface area (Å²) >= 11 is 7.51. The molecule has 2 atom stereocenters. The Bertz CT molecular complexity index is 324. The largest absolute Gasteiger partial charge is 0.0875 e. The van der Waals surface area contributed by atoms with Gasteiger partial charge in [-0.1, -0.05) is 56.1 Å². The minimum atomic E-state index is 0.249. The van der Waals surface area contributed by atoms with E-state index >= 15 is 0 Å². The fourth-order valence-corrected chi connectivity index (χ4v) is 4.11. The molecule has 0 bridgehead atoms. The molecule has 0 saturated heterocycles. The molecule has 0 unspecified atom stereocenters. The number of halogens is 2. The van der Waals surface area contributed by atoms with Crippen LogP contribution < -0.4 is 0 Å². The van der Waals surface area contributed by atoms with Crippen molar-refractivity contribution < 1.29 is 0 Å². The predicted octanol–water partition coefficient (Wildman–Crippen LogP) is 3.52. The second-order valence-electron chi connectivity index (χ2n) is 4.06. The van der Waals surface area contributed by atoms with Crippen LogP contribution in [0.4, 0.5) is 0 Å². The van der Waals surface area contributed by atoms with Crippen LogP contribution in [0.3, 0.4) is 0 Å². The average molecular weight is 302 g/mol. The molecule has 0 N–H and O–H groups in total. The van der Waals surface area contributed by atoms with Crippen LogP contribution in [0.2, 0.25) is 0 Å². The van der Waals surface area contributed by atoms with Gasteiger partial charge >= 0.3 is 0 Å². The maximum atomic E-state index is 3.76. The molecule has 3 rings (SSSR count). The summed E-state index contributed by atoms with van der Waals surface area (Å²) in [5.41, 5.74) is 3.09. The van der Waals surface area contributed by atoms with Crippen molar-refractivity contribution in [1.29, 1.82) is 0 Å². The first-order valence-electron chi connectivity index (χ1n) is 4.64. The highest BCUT2D eigenvalue weighted by Crippen LogP contribution is 2.66. The van der Waals surface area contributed by atoms with Crippen molar-refractivity contribution in [3.8, 4) is 0 Å². The maximum absolute atomic E-state index is 3.76. The number of hydrogen-bond donors (Lipinski definition) is 0. The standard InChI is InChI=1S/C11H10Br2/c12-11(13)9-5-7-3-1-2-4-8(7)6-10(9)11/h1-4,9-10H,5-6H2/t9-,10-/m1/s1. The lowest BCUT2D eigenvalue weighted by atomic mass is 9.92. The summed E-state index contributed by atoms with van der Waals surface area (Å²) in [5, 5.41) is 0. The van der Waals surface area contributed by atoms with Crippen LogP contribution in [0.25, 0.3) is 0 Å². The summed E-state index contributed by atoms with van der Waals surface area (Å²) in [6, 6.07) is 8.82. The van der Waals surface area contributed by atoms with Gasteiger partial charge in [-0.3, -0.25) is 0 Å². The summed E-state index contributed by atoms with van der Waals surface area (Å²) in [6.45, 7) is 0. The zero-order valence-electron chi connectivity index (χ0n) is 7.13. The monoisotopic (exact) mass is 300 g/mol. The van der Waals surface area contributed by atoms with E-state index in [9.17, 15) is 0 Å². The van der Waals surface area contributed by atoms with Gasteiger partial charge in [0.05, 0.1) is 3.23 Å². The molecule has 0 spiro atoms. The van der Waals surface area contributed by atoms with Gasteiger partial charge in [-0.25, -0.2) is 0 Å². The van der Waals surface area contributed by atoms with E-state index in [4.69, 9.17) is 0 Å². The highest BCUT2D eigenvalue weighted by atomic mass is 79.9. The van der Waals surface area contributed by atoms with E-state index in [1.807, 2.05) is 0 Å². The molecule has 1 aromatic rings. The third-order valence-electron chi connectivity index (χ3n) is 3.36. The molecular weight excluding hydrogens is 292 g/mol. The Hall–Kier alpha value is 0.180. The van der Waals surface area contributed by atoms with Crippen molar-refractivity contribution >= 4 is 31.9 Å². The van der Waals surface area contributed by atoms with Crippen molar-refractivity contribution in [3.63, 3.8) is 0 Å². The van der Waals surface area contributed by atoms with E-state index in [2.05, 4.69) is 56.1 Å². The van der Waals surface area contributed by atoms with Gasteiger partial charge in [0.1, 0.15) is 0 Å². The number of fused-ring (bicyclic) bond motifs is 2. The smallest absolute Gasteiger partial charge is 0.0721 e. The van der Waals surface area contributed by atoms with Gasteiger partial charge in [-0.15, -0.1) is 0 Å². The van der Waals surface area contributed by atoms with Crippen molar-refractivity contribution in [1.82, 2.24) is 0 Å². The fourth-order valence-electron chi connectivity index (χ4n) is 2.45. The maximum Gasteiger partial charge on any atom is 0.0875 e. The number of rotatable bonds is 0. The van der Waals surface area contributed by atoms with E-state index < -0.39 is 0 Å². The Morgan fingerprint density at radius 1 is 1.00 bits per heavy atom. The SMILES string of the molecule is BrC1(Br)[C@@H]2Cc3ccccc3C[C@H]21. The molecule has 0 radical (unpaired) electrons. The molecule has 2 aliphatic carbocycles. The Morgan fingerprint density at radius 2 is 1.46 bits per heavy atom. The van der Waals surface area contributed by atoms with Crippen LogP contribution in [-0.2, 0) is 12.8 Å². The highest BCUT2D eigenvalue weighted by Gasteiger charge is 2.62. The summed E-state index contributed by atoms with van der Waals surface area (Å²) in [6.07, 6.45) is 2.47. The zero-order valence-corrected chi connectivity index (χ0v) is 10.3. The third kappa shape index (κ3) is 1.15. The topological polar surface area (TPSA) is 0 Å². The van der Waals surface area contributed by atoms with E-state index in [1.165, 1.54) is 12.8 Å². The quantitative estimate of drug-likeness (QED) is 0.643. The predicted molar refractivity (Wildman–Crippen MR) is 61.4 cm³/mol. The minimum absolute atomic E-state index is 0.249. The van der Waals surface area contributed by atoms with Crippen LogP contribution >= 0.6 is 31.9 Å². The summed E-state index contributed by atoms with van der Waals surface area (Å²) in [4.78, 5) is 0. The second kappa shape index (κ2) is 2.60. The molecule has 1 fully saturated rings. The van der Waals surface area contributed by atoms with Gasteiger partial charge in [0.25, 0.3) is 0 Å². The molecule has 1 saturated carbocycles. The van der Waals surface area contributed by atoms with Crippen molar-refractivity contribution in [2.45, 2.75) is 16.1 Å². The summed E-state index contributed by atoms with van der Waals surface area (Å²) in [5.74, 6) is 1.62. The number of benzene rings is 1. The summed E-state index contributed by atoms with van der Waals surface area (Å²) < 4.78 is 0.249. The van der Waals surface area contributed by atoms with Crippen LogP contribution in [0.5, 0.6) is 0 Å². The minimum Gasteiger partial charge on any atom is -0.0721 e. The summed E-state index contributed by atoms with van der Waals surface area (Å²) in [7, 11) is 0. The lowest BCUT2D eigenvalue weighted by Gasteiger charge is -2.12. The first-order valence-corrected chi connectivity index (χ1v) is 6.23. The molecule has 13 heavy (non-hydrogen) atoms. The third-order valence-corrected chi connectivity index (χ3v) is 5.72. The first-order chi connectivity index (χ1) is 6.19. The molecule has 0 nitrogen and oxygen atoms in total. The van der Waals surface area contributed by atoms with Gasteiger partial charge < -0.3 is 0 Å². The molecule has 2 heteroatoms. The van der Waals surface area contributed by atoms with Crippen molar-refractivity contribution in [3.05, 3.63) is 35.4 Å². The van der Waals surface area contributed by atoms with Crippen LogP contribution in [0, 0.1) is 11.8 Å². The van der Waals surface area contributed by atoms with Crippen LogP contribution in [-0.4, -0.2) is 3.23 Å². The van der Waals surface area contributed by atoms with Gasteiger partial charge in [0.2, 0.25) is 0 Å². The molecule has 2 aliphatic rings. The Balaban J connectivity index is 1.99. The Kier molecular flexibility index (Phi) is 1.70. The zero-order chi connectivity index (χ0) is 9.05. The van der Waals surface area contributed by atoms with Gasteiger partial charge in [0.15, 0.2) is 0 Å². The van der Waals surface area contributed by atoms with E-state index in [0.29, 0.717) is 0 Å². The molecule has 0 aliphatic heterocycles. The Labute approximate surface area is 95.0 Å². The average Bonchev–Trinajstić information content (AvgIpc) is 2.66. The highest BCUT2D eigenvalue weighted by molar-refractivity contribution is 9.25. The van der Waals surface area contributed by atoms with Gasteiger partial charge in [0, 0.05) is 0 Å². The number of hydrogen-bond acceptors (Lipinski definition) is 0. The van der Waals surface area contributed by atoms with Gasteiger partial charge in [-0.05, 0) is 35.8 Å². The molecular formula is C11H10Br2. The lowest BCUT2D eigenvalue weighted by molar-refractivity contribution is 0.648. The van der Waals surface area contributed by atoms with E-state index in [-0.39, 0.29) is 3.23 Å². The van der Waals surface area contributed by atoms with Crippen molar-refractivity contribution in [2.75, 3.05) is 0 Å². The molecule has 0 aromatic heterocycles. The molecule has 0 heterocycles. The number of alkyl halides is 2. The molecule has 68 valence electrons. The first kappa shape index (κ1) is 8.49. The Morgan fingerprint density at radius 3 is 1.92 bits per heavy atom. The lowest BCUT2D eigenvalue weighted by Crippen LogP contribution is -2.04. The van der Waals surface area contributed by atoms with Crippen LogP contribution in [0.1, 0.15) is 11.1 Å². The van der Waals surface area contributed by atoms with Gasteiger partial charge in [-0.2, -0.15) is 0 Å². The second-order valence-corrected chi connectivity index (χ2v) is 7.75. The van der Waals surface area contributed by atoms with E-state index in [0.717, 1.165) is 11.8 Å². The molecule has 0 amide bonds. The normalized spacial score (nSPS) is 33.4. The van der Waals surface area contributed by atoms with Crippen molar-refractivity contribution in [2.24, 2.45) is 11.8 Å². The van der Waals surface area contributed by atoms with E-state index in [1.54, 1.807) is 11.1 Å². The fraction of sp³-hybridized carbons (Fsp3) is 0.455.